The highest BCUT2D eigenvalue weighted by Gasteiger charge is 2.09. The van der Waals surface area contributed by atoms with Crippen LogP contribution in [-0.2, 0) is 17.8 Å². The maximum Gasteiger partial charge on any atom is 0.261 e. The number of nitrogens with one attached hydrogen (secondary N) is 1. The number of methoxy groups -OCH3 is 1. The molecule has 1 N–H and O–H groups in total. The van der Waals surface area contributed by atoms with Crippen LogP contribution >= 0.6 is 0 Å². The summed E-state index contributed by atoms with van der Waals surface area (Å²) in [6, 6.07) is 12.9. The average molecular weight is 379 g/mol. The van der Waals surface area contributed by atoms with Gasteiger partial charge < -0.3 is 10.1 Å². The van der Waals surface area contributed by atoms with Gasteiger partial charge in [-0.15, -0.1) is 0 Å². The van der Waals surface area contributed by atoms with Crippen LogP contribution in [0.2, 0.25) is 0 Å². The standard InChI is InChI=1S/C22H25N3O3/c1-15(2)13-25-14-23-20-10-7-17(12-19(20)22(25)27)24-21(26)11-6-16-4-8-18(28-3)9-5-16/h4-5,7-10,12,14-15H,6,11,13H2,1-3H3,(H,24,26). The van der Waals surface area contributed by atoms with E-state index in [0.717, 1.165) is 11.3 Å². The topological polar surface area (TPSA) is 73.2 Å². The van der Waals surface area contributed by atoms with E-state index in [4.69, 9.17) is 4.74 Å². The number of hydrogen-bond donors (Lipinski definition) is 1. The number of nitrogens with zero attached hydrogens (tertiary/aromatic N) is 2. The van der Waals surface area contributed by atoms with Crippen molar-refractivity contribution in [1.29, 1.82) is 0 Å². The van der Waals surface area contributed by atoms with Crippen molar-refractivity contribution < 1.29 is 9.53 Å². The Kier molecular flexibility index (Phi) is 6.09. The molecule has 0 aliphatic heterocycles. The van der Waals surface area contributed by atoms with Crippen molar-refractivity contribution in [3.8, 4) is 5.75 Å². The average Bonchev–Trinajstić information content (AvgIpc) is 2.69. The van der Waals surface area contributed by atoms with Gasteiger partial charge in [-0.2, -0.15) is 0 Å². The maximum atomic E-state index is 12.7. The van der Waals surface area contributed by atoms with E-state index in [0.29, 0.717) is 41.9 Å². The number of aromatic nitrogens is 2. The van der Waals surface area contributed by atoms with Gasteiger partial charge >= 0.3 is 0 Å². The van der Waals surface area contributed by atoms with Gasteiger partial charge in [-0.3, -0.25) is 14.2 Å². The van der Waals surface area contributed by atoms with Gasteiger partial charge in [0.25, 0.3) is 5.56 Å². The van der Waals surface area contributed by atoms with Crippen LogP contribution in [0.3, 0.4) is 0 Å². The molecule has 3 rings (SSSR count). The van der Waals surface area contributed by atoms with Crippen LogP contribution in [0.25, 0.3) is 10.9 Å². The summed E-state index contributed by atoms with van der Waals surface area (Å²) in [6.07, 6.45) is 2.57. The number of carbonyl (C=O) groups excluding carboxylic acids is 1. The first-order chi connectivity index (χ1) is 13.5. The Bertz CT molecular complexity index is 1020. The first-order valence-electron chi connectivity index (χ1n) is 9.38. The molecular weight excluding hydrogens is 354 g/mol. The lowest BCUT2D eigenvalue weighted by atomic mass is 10.1. The third-order valence-corrected chi connectivity index (χ3v) is 4.47. The number of benzene rings is 2. The normalized spacial score (nSPS) is 11.0. The molecule has 0 aliphatic carbocycles. The fourth-order valence-electron chi connectivity index (χ4n) is 3.03. The summed E-state index contributed by atoms with van der Waals surface area (Å²) < 4.78 is 6.75. The van der Waals surface area contributed by atoms with Crippen molar-refractivity contribution in [3.63, 3.8) is 0 Å². The van der Waals surface area contributed by atoms with Crippen LogP contribution in [0, 0.1) is 5.92 Å². The van der Waals surface area contributed by atoms with Crippen molar-refractivity contribution in [2.75, 3.05) is 12.4 Å². The number of ether oxygens (including phenoxy) is 1. The summed E-state index contributed by atoms with van der Waals surface area (Å²) in [5.41, 5.74) is 2.21. The van der Waals surface area contributed by atoms with Crippen molar-refractivity contribution in [2.45, 2.75) is 33.2 Å². The van der Waals surface area contributed by atoms with Gasteiger partial charge in [0.15, 0.2) is 0 Å². The predicted octanol–water partition coefficient (Wildman–Crippen LogP) is 3.63. The van der Waals surface area contributed by atoms with E-state index >= 15 is 0 Å². The van der Waals surface area contributed by atoms with E-state index in [1.165, 1.54) is 0 Å². The van der Waals surface area contributed by atoms with Crippen LogP contribution in [0.4, 0.5) is 5.69 Å². The zero-order valence-electron chi connectivity index (χ0n) is 16.4. The fourth-order valence-corrected chi connectivity index (χ4v) is 3.03. The van der Waals surface area contributed by atoms with Gasteiger partial charge in [-0.25, -0.2) is 4.98 Å². The summed E-state index contributed by atoms with van der Waals surface area (Å²) in [5.74, 6) is 1.04. The molecule has 0 fully saturated rings. The third kappa shape index (κ3) is 4.76. The molecule has 6 nitrogen and oxygen atoms in total. The molecule has 0 saturated carbocycles. The molecule has 0 bridgehead atoms. The van der Waals surface area contributed by atoms with Gasteiger partial charge in [0, 0.05) is 18.7 Å². The van der Waals surface area contributed by atoms with E-state index in [9.17, 15) is 9.59 Å². The molecule has 0 spiro atoms. The molecule has 2 aromatic carbocycles. The minimum Gasteiger partial charge on any atom is -0.497 e. The first kappa shape index (κ1) is 19.6. The second-order valence-corrected chi connectivity index (χ2v) is 7.22. The number of amides is 1. The lowest BCUT2D eigenvalue weighted by molar-refractivity contribution is -0.116. The van der Waals surface area contributed by atoms with E-state index in [2.05, 4.69) is 24.1 Å². The second-order valence-electron chi connectivity index (χ2n) is 7.22. The van der Waals surface area contributed by atoms with Gasteiger partial charge in [-0.05, 0) is 48.2 Å². The minimum atomic E-state index is -0.0958. The summed E-state index contributed by atoms with van der Waals surface area (Å²) in [4.78, 5) is 29.3. The van der Waals surface area contributed by atoms with Gasteiger partial charge in [0.05, 0.1) is 24.3 Å². The molecule has 1 heterocycles. The van der Waals surface area contributed by atoms with Gasteiger partial charge in [-0.1, -0.05) is 26.0 Å². The van der Waals surface area contributed by atoms with Crippen LogP contribution in [0.15, 0.2) is 53.6 Å². The molecule has 1 aromatic heterocycles. The lowest BCUT2D eigenvalue weighted by Gasteiger charge is -2.10. The molecule has 0 unspecified atom stereocenters. The van der Waals surface area contributed by atoms with E-state index in [1.807, 2.05) is 24.3 Å². The number of fused-ring (bicyclic) bond motifs is 1. The monoisotopic (exact) mass is 379 g/mol. The smallest absolute Gasteiger partial charge is 0.261 e. The zero-order valence-corrected chi connectivity index (χ0v) is 16.4. The Morgan fingerprint density at radius 3 is 2.61 bits per heavy atom. The number of anilines is 1. The van der Waals surface area contributed by atoms with Gasteiger partial charge in [0.2, 0.25) is 5.91 Å². The second kappa shape index (κ2) is 8.69. The van der Waals surface area contributed by atoms with Crippen molar-refractivity contribution in [1.82, 2.24) is 9.55 Å². The molecular formula is C22H25N3O3. The number of rotatable bonds is 7. The Labute approximate surface area is 164 Å². The molecule has 3 aromatic rings. The zero-order chi connectivity index (χ0) is 20.1. The van der Waals surface area contributed by atoms with Crippen LogP contribution < -0.4 is 15.6 Å². The number of hydrogen-bond acceptors (Lipinski definition) is 4. The minimum absolute atomic E-state index is 0.0898. The van der Waals surface area contributed by atoms with Crippen molar-refractivity contribution in [2.24, 2.45) is 5.92 Å². The van der Waals surface area contributed by atoms with Crippen LogP contribution in [0.1, 0.15) is 25.8 Å². The largest absolute Gasteiger partial charge is 0.497 e. The van der Waals surface area contributed by atoms with Crippen molar-refractivity contribution in [3.05, 3.63) is 64.7 Å². The molecule has 6 heteroatoms. The number of aryl methyl sites for hydroxylation is 1. The molecule has 28 heavy (non-hydrogen) atoms. The van der Waals surface area contributed by atoms with Crippen molar-refractivity contribution >= 4 is 22.5 Å². The predicted molar refractivity (Wildman–Crippen MR) is 111 cm³/mol. The lowest BCUT2D eigenvalue weighted by Crippen LogP contribution is -2.23. The third-order valence-electron chi connectivity index (χ3n) is 4.47. The van der Waals surface area contributed by atoms with E-state index < -0.39 is 0 Å². The summed E-state index contributed by atoms with van der Waals surface area (Å²) in [6.45, 7) is 4.71. The first-order valence-corrected chi connectivity index (χ1v) is 9.38. The maximum absolute atomic E-state index is 12.7. The van der Waals surface area contributed by atoms with Crippen LogP contribution in [-0.4, -0.2) is 22.6 Å². The highest BCUT2D eigenvalue weighted by molar-refractivity contribution is 5.93. The fraction of sp³-hybridized carbons (Fsp3) is 0.318. The molecule has 1 amide bonds. The van der Waals surface area contributed by atoms with E-state index in [1.54, 1.807) is 36.2 Å². The Morgan fingerprint density at radius 1 is 1.18 bits per heavy atom. The Morgan fingerprint density at radius 2 is 1.93 bits per heavy atom. The molecule has 0 aliphatic rings. The van der Waals surface area contributed by atoms with Gasteiger partial charge in [0.1, 0.15) is 5.75 Å². The molecule has 0 radical (unpaired) electrons. The summed E-state index contributed by atoms with van der Waals surface area (Å²) in [7, 11) is 1.62. The Hall–Kier alpha value is -3.15. The highest BCUT2D eigenvalue weighted by atomic mass is 16.5. The number of carbonyl (C=O) groups is 1. The molecule has 146 valence electrons. The highest BCUT2D eigenvalue weighted by Crippen LogP contribution is 2.16. The SMILES string of the molecule is COc1ccc(CCC(=O)Nc2ccc3ncn(CC(C)C)c(=O)c3c2)cc1. The molecule has 0 atom stereocenters. The Balaban J connectivity index is 1.69. The summed E-state index contributed by atoms with van der Waals surface area (Å²) in [5, 5.41) is 3.39. The van der Waals surface area contributed by atoms with E-state index in [-0.39, 0.29) is 11.5 Å². The molecule has 0 saturated heterocycles. The van der Waals surface area contributed by atoms with Crippen LogP contribution in [0.5, 0.6) is 5.75 Å². The summed E-state index contributed by atoms with van der Waals surface area (Å²) >= 11 is 0. The quantitative estimate of drug-likeness (QED) is 0.680.